The summed E-state index contributed by atoms with van der Waals surface area (Å²) >= 11 is 0. The van der Waals surface area contributed by atoms with Gasteiger partial charge in [0.25, 0.3) is 5.91 Å². The van der Waals surface area contributed by atoms with Gasteiger partial charge in [-0.25, -0.2) is 0 Å². The van der Waals surface area contributed by atoms with Crippen molar-refractivity contribution in [1.82, 2.24) is 4.90 Å². The molecule has 8 heteroatoms. The van der Waals surface area contributed by atoms with E-state index >= 15 is 0 Å². The van der Waals surface area contributed by atoms with Crippen LogP contribution < -0.4 is 20.9 Å². The number of carbonyl (C=O) groups is 3. The van der Waals surface area contributed by atoms with Crippen molar-refractivity contribution in [2.45, 2.75) is 13.8 Å². The van der Waals surface area contributed by atoms with Gasteiger partial charge < -0.3 is 25.8 Å². The standard InChI is InChI=1S/C22H27N5O3/c1-15(28)23-18-12-17(13-19(14-18)24-16(2)29)22(30)25-20-6-4-5-7-21(20)27-10-8-26(3)9-11-27/h4-7,12-14H,8-11H2,1-3H3,(H,23,28)(H,24,29)(H,25,30). The number of nitrogens with one attached hydrogen (secondary N) is 3. The summed E-state index contributed by atoms with van der Waals surface area (Å²) in [7, 11) is 2.10. The molecule has 1 fully saturated rings. The highest BCUT2D eigenvalue weighted by Crippen LogP contribution is 2.28. The van der Waals surface area contributed by atoms with Crippen molar-refractivity contribution < 1.29 is 14.4 Å². The monoisotopic (exact) mass is 409 g/mol. The molecule has 0 bridgehead atoms. The average molecular weight is 409 g/mol. The fourth-order valence-electron chi connectivity index (χ4n) is 3.41. The van der Waals surface area contributed by atoms with E-state index in [1.165, 1.54) is 13.8 Å². The molecule has 30 heavy (non-hydrogen) atoms. The zero-order valence-electron chi connectivity index (χ0n) is 17.5. The number of benzene rings is 2. The smallest absolute Gasteiger partial charge is 0.255 e. The van der Waals surface area contributed by atoms with Gasteiger partial charge in [-0.2, -0.15) is 0 Å². The molecule has 1 aliphatic rings. The molecule has 2 aromatic rings. The summed E-state index contributed by atoms with van der Waals surface area (Å²) in [4.78, 5) is 40.4. The molecule has 1 heterocycles. The molecule has 0 spiro atoms. The number of nitrogens with zero attached hydrogens (tertiary/aromatic N) is 2. The average Bonchev–Trinajstić information content (AvgIpc) is 2.68. The van der Waals surface area contributed by atoms with Gasteiger partial charge >= 0.3 is 0 Å². The first kappa shape index (κ1) is 21.3. The molecule has 0 unspecified atom stereocenters. The lowest BCUT2D eigenvalue weighted by atomic mass is 10.1. The lowest BCUT2D eigenvalue weighted by Crippen LogP contribution is -2.44. The minimum Gasteiger partial charge on any atom is -0.367 e. The predicted molar refractivity (Wildman–Crippen MR) is 119 cm³/mol. The maximum absolute atomic E-state index is 13.0. The van der Waals surface area contributed by atoms with Gasteiger partial charge in [-0.05, 0) is 37.4 Å². The number of piperazine rings is 1. The Morgan fingerprint density at radius 1 is 0.800 bits per heavy atom. The van der Waals surface area contributed by atoms with E-state index in [0.717, 1.165) is 37.6 Å². The first-order valence-corrected chi connectivity index (χ1v) is 9.86. The maximum Gasteiger partial charge on any atom is 0.255 e. The van der Waals surface area contributed by atoms with Crippen LogP contribution in [0.1, 0.15) is 24.2 Å². The Bertz CT molecular complexity index is 917. The van der Waals surface area contributed by atoms with Crippen molar-refractivity contribution in [3.63, 3.8) is 0 Å². The van der Waals surface area contributed by atoms with E-state index in [2.05, 4.69) is 32.8 Å². The Balaban J connectivity index is 1.85. The molecule has 0 saturated carbocycles. The summed E-state index contributed by atoms with van der Waals surface area (Å²) in [5, 5.41) is 8.30. The second kappa shape index (κ2) is 9.41. The zero-order chi connectivity index (χ0) is 21.7. The summed E-state index contributed by atoms with van der Waals surface area (Å²) in [6, 6.07) is 12.5. The number of amides is 3. The maximum atomic E-state index is 13.0. The SMILES string of the molecule is CC(=O)Nc1cc(NC(C)=O)cc(C(=O)Nc2ccccc2N2CCN(C)CC2)c1. The highest BCUT2D eigenvalue weighted by molar-refractivity contribution is 6.08. The fourth-order valence-corrected chi connectivity index (χ4v) is 3.41. The molecule has 1 saturated heterocycles. The van der Waals surface area contributed by atoms with Gasteiger partial charge in [0.05, 0.1) is 11.4 Å². The van der Waals surface area contributed by atoms with Crippen molar-refractivity contribution >= 4 is 40.5 Å². The third-order valence-corrected chi connectivity index (χ3v) is 4.83. The van der Waals surface area contributed by atoms with Crippen LogP contribution in [0.3, 0.4) is 0 Å². The van der Waals surface area contributed by atoms with E-state index in [4.69, 9.17) is 0 Å². The van der Waals surface area contributed by atoms with Crippen LogP contribution in [-0.4, -0.2) is 55.8 Å². The largest absolute Gasteiger partial charge is 0.367 e. The Labute approximate surface area is 176 Å². The summed E-state index contributed by atoms with van der Waals surface area (Å²) < 4.78 is 0. The topological polar surface area (TPSA) is 93.8 Å². The summed E-state index contributed by atoms with van der Waals surface area (Å²) in [6.07, 6.45) is 0. The highest BCUT2D eigenvalue weighted by Gasteiger charge is 2.18. The quantitative estimate of drug-likeness (QED) is 0.706. The molecular formula is C22H27N5O3. The number of carbonyl (C=O) groups excluding carboxylic acids is 3. The number of rotatable bonds is 5. The number of likely N-dealkylation sites (N-methyl/N-ethyl adjacent to an activating group) is 1. The van der Waals surface area contributed by atoms with Crippen LogP contribution in [0.25, 0.3) is 0 Å². The molecule has 3 rings (SSSR count). The Morgan fingerprint density at radius 3 is 1.93 bits per heavy atom. The summed E-state index contributed by atoms with van der Waals surface area (Å²) in [6.45, 7) is 6.46. The van der Waals surface area contributed by atoms with Gasteiger partial charge in [0, 0.05) is 57.0 Å². The van der Waals surface area contributed by atoms with Gasteiger partial charge in [-0.15, -0.1) is 0 Å². The zero-order valence-corrected chi connectivity index (χ0v) is 17.5. The van der Waals surface area contributed by atoms with Crippen molar-refractivity contribution in [2.24, 2.45) is 0 Å². The van der Waals surface area contributed by atoms with Crippen LogP contribution >= 0.6 is 0 Å². The molecule has 3 amide bonds. The molecule has 8 nitrogen and oxygen atoms in total. The Kier molecular flexibility index (Phi) is 6.68. The number of anilines is 4. The van der Waals surface area contributed by atoms with Gasteiger partial charge in [-0.1, -0.05) is 12.1 Å². The van der Waals surface area contributed by atoms with Crippen molar-refractivity contribution in [2.75, 3.05) is 54.1 Å². The van der Waals surface area contributed by atoms with Crippen LogP contribution in [0.2, 0.25) is 0 Å². The second-order valence-electron chi connectivity index (χ2n) is 7.42. The number of hydrogen-bond donors (Lipinski definition) is 3. The molecule has 0 aliphatic carbocycles. The van der Waals surface area contributed by atoms with Gasteiger partial charge in [0.2, 0.25) is 11.8 Å². The second-order valence-corrected chi connectivity index (χ2v) is 7.42. The number of para-hydroxylation sites is 2. The minimum absolute atomic E-state index is 0.262. The van der Waals surface area contributed by atoms with E-state index in [-0.39, 0.29) is 17.7 Å². The van der Waals surface area contributed by atoms with Crippen LogP contribution in [0.4, 0.5) is 22.7 Å². The van der Waals surface area contributed by atoms with Crippen LogP contribution in [0.15, 0.2) is 42.5 Å². The van der Waals surface area contributed by atoms with Crippen molar-refractivity contribution in [1.29, 1.82) is 0 Å². The van der Waals surface area contributed by atoms with E-state index in [9.17, 15) is 14.4 Å². The third kappa shape index (κ3) is 5.57. The Hall–Kier alpha value is -3.39. The first-order chi connectivity index (χ1) is 14.3. The van der Waals surface area contributed by atoms with Gasteiger partial charge in [0.1, 0.15) is 0 Å². The van der Waals surface area contributed by atoms with Gasteiger partial charge in [-0.3, -0.25) is 14.4 Å². The molecule has 3 N–H and O–H groups in total. The Morgan fingerprint density at radius 2 is 1.37 bits per heavy atom. The fraction of sp³-hybridized carbons (Fsp3) is 0.318. The molecule has 0 radical (unpaired) electrons. The lowest BCUT2D eigenvalue weighted by Gasteiger charge is -2.35. The number of hydrogen-bond acceptors (Lipinski definition) is 5. The van der Waals surface area contributed by atoms with Crippen LogP contribution in [-0.2, 0) is 9.59 Å². The predicted octanol–water partition coefficient (Wildman–Crippen LogP) is 2.61. The minimum atomic E-state index is -0.324. The molecular weight excluding hydrogens is 382 g/mol. The van der Waals surface area contributed by atoms with Crippen molar-refractivity contribution in [3.05, 3.63) is 48.0 Å². The van der Waals surface area contributed by atoms with Crippen molar-refractivity contribution in [3.8, 4) is 0 Å². The van der Waals surface area contributed by atoms with E-state index in [0.29, 0.717) is 16.9 Å². The molecule has 1 aliphatic heterocycles. The molecule has 158 valence electrons. The van der Waals surface area contributed by atoms with E-state index in [1.807, 2.05) is 24.3 Å². The molecule has 0 atom stereocenters. The summed E-state index contributed by atoms with van der Waals surface area (Å²) in [5.41, 5.74) is 2.90. The molecule has 2 aromatic carbocycles. The van der Waals surface area contributed by atoms with E-state index in [1.54, 1.807) is 18.2 Å². The van der Waals surface area contributed by atoms with Gasteiger partial charge in [0.15, 0.2) is 0 Å². The van der Waals surface area contributed by atoms with Crippen LogP contribution in [0.5, 0.6) is 0 Å². The first-order valence-electron chi connectivity index (χ1n) is 9.86. The summed E-state index contributed by atoms with van der Waals surface area (Å²) in [5.74, 6) is -0.848. The lowest BCUT2D eigenvalue weighted by molar-refractivity contribution is -0.115. The third-order valence-electron chi connectivity index (χ3n) is 4.83. The highest BCUT2D eigenvalue weighted by atomic mass is 16.2. The van der Waals surface area contributed by atoms with Crippen LogP contribution in [0, 0.1) is 0 Å². The molecule has 0 aromatic heterocycles. The van der Waals surface area contributed by atoms with E-state index < -0.39 is 0 Å². The normalized spacial score (nSPS) is 14.2.